The second kappa shape index (κ2) is 8.48. The molecule has 1 N–H and O–H groups in total. The summed E-state index contributed by atoms with van der Waals surface area (Å²) >= 11 is 1.61. The Hall–Kier alpha value is -1.60. The monoisotopic (exact) mass is 350 g/mol. The fourth-order valence-electron chi connectivity index (χ4n) is 2.44. The second-order valence-electron chi connectivity index (χ2n) is 6.38. The first-order valence-electron chi connectivity index (χ1n) is 8.21. The average molecular weight is 350 g/mol. The van der Waals surface area contributed by atoms with Crippen molar-refractivity contribution in [1.82, 2.24) is 20.1 Å². The van der Waals surface area contributed by atoms with Crippen LogP contribution in [0.15, 0.2) is 18.3 Å². The number of aromatic nitrogens is 1. The van der Waals surface area contributed by atoms with Crippen molar-refractivity contribution in [2.24, 2.45) is 0 Å². The number of amides is 2. The smallest absolute Gasteiger partial charge is 0.256 e. The normalized spacial score (nSPS) is 18.7. The quantitative estimate of drug-likeness (QED) is 0.844. The number of nitrogens with one attached hydrogen (secondary N) is 1. The lowest BCUT2D eigenvalue weighted by molar-refractivity contribution is -0.125. The standard InChI is InChI=1S/C17H26N4O2S/c1-5-12(2)19-16(22)15-10-24-11-21(15)17(23)13-6-7-14(18-8-13)9-20(3)4/h6-8,12,15H,5,9-11H2,1-4H3,(H,19,22)/t12-,15+/m0/s1. The molecule has 1 fully saturated rings. The number of pyridine rings is 1. The van der Waals surface area contributed by atoms with Crippen LogP contribution in [0.3, 0.4) is 0 Å². The summed E-state index contributed by atoms with van der Waals surface area (Å²) in [6.07, 6.45) is 2.48. The number of nitrogens with zero attached hydrogens (tertiary/aromatic N) is 3. The number of carbonyl (C=O) groups is 2. The molecule has 0 unspecified atom stereocenters. The lowest BCUT2D eigenvalue weighted by atomic mass is 10.1. The van der Waals surface area contributed by atoms with E-state index in [4.69, 9.17) is 0 Å². The third kappa shape index (κ3) is 4.70. The van der Waals surface area contributed by atoms with Crippen molar-refractivity contribution >= 4 is 23.6 Å². The molecule has 2 atom stereocenters. The van der Waals surface area contributed by atoms with E-state index in [1.54, 1.807) is 28.9 Å². The predicted octanol–water partition coefficient (Wildman–Crippen LogP) is 1.57. The molecular formula is C17H26N4O2S. The van der Waals surface area contributed by atoms with Gasteiger partial charge in [-0.05, 0) is 39.6 Å². The van der Waals surface area contributed by atoms with Crippen LogP contribution in [0.25, 0.3) is 0 Å². The minimum Gasteiger partial charge on any atom is -0.352 e. The van der Waals surface area contributed by atoms with Crippen LogP contribution in [-0.2, 0) is 11.3 Å². The number of hydrogen-bond acceptors (Lipinski definition) is 5. The van der Waals surface area contributed by atoms with Gasteiger partial charge in [0.1, 0.15) is 6.04 Å². The maximum Gasteiger partial charge on any atom is 0.256 e. The Balaban J connectivity index is 2.06. The molecule has 2 heterocycles. The highest BCUT2D eigenvalue weighted by atomic mass is 32.2. The van der Waals surface area contributed by atoms with E-state index >= 15 is 0 Å². The fraction of sp³-hybridized carbons (Fsp3) is 0.588. The molecule has 24 heavy (non-hydrogen) atoms. The molecule has 1 aliphatic heterocycles. The van der Waals surface area contributed by atoms with Gasteiger partial charge in [-0.3, -0.25) is 14.6 Å². The number of rotatable bonds is 6. The molecule has 0 spiro atoms. The van der Waals surface area contributed by atoms with Crippen molar-refractivity contribution in [3.63, 3.8) is 0 Å². The summed E-state index contributed by atoms with van der Waals surface area (Å²) in [5.74, 6) is 0.977. The van der Waals surface area contributed by atoms with Crippen LogP contribution >= 0.6 is 11.8 Å². The van der Waals surface area contributed by atoms with Gasteiger partial charge in [0, 0.05) is 24.5 Å². The van der Waals surface area contributed by atoms with Crippen molar-refractivity contribution in [3.05, 3.63) is 29.6 Å². The summed E-state index contributed by atoms with van der Waals surface area (Å²) in [5.41, 5.74) is 1.44. The molecule has 132 valence electrons. The summed E-state index contributed by atoms with van der Waals surface area (Å²) in [6.45, 7) is 4.73. The van der Waals surface area contributed by atoms with E-state index < -0.39 is 6.04 Å². The highest BCUT2D eigenvalue weighted by Crippen LogP contribution is 2.23. The highest BCUT2D eigenvalue weighted by Gasteiger charge is 2.35. The molecule has 1 saturated heterocycles. The maximum atomic E-state index is 12.7. The van der Waals surface area contributed by atoms with Crippen LogP contribution in [-0.4, -0.2) is 64.4 Å². The molecule has 2 rings (SSSR count). The van der Waals surface area contributed by atoms with Crippen molar-refractivity contribution in [2.75, 3.05) is 25.7 Å². The molecule has 0 saturated carbocycles. The molecule has 0 aliphatic carbocycles. The minimum absolute atomic E-state index is 0.0695. The lowest BCUT2D eigenvalue weighted by Crippen LogP contribution is -2.49. The summed E-state index contributed by atoms with van der Waals surface area (Å²) in [5, 5.41) is 2.97. The van der Waals surface area contributed by atoms with Gasteiger partial charge < -0.3 is 15.1 Å². The van der Waals surface area contributed by atoms with Crippen LogP contribution in [0.1, 0.15) is 36.3 Å². The van der Waals surface area contributed by atoms with Gasteiger partial charge in [-0.2, -0.15) is 0 Å². The predicted molar refractivity (Wildman–Crippen MR) is 96.8 cm³/mol. The Morgan fingerprint density at radius 3 is 2.79 bits per heavy atom. The Bertz CT molecular complexity index is 576. The molecule has 1 aromatic heterocycles. The SMILES string of the molecule is CC[C@H](C)NC(=O)[C@H]1CSCN1C(=O)c1ccc(CN(C)C)nc1. The van der Waals surface area contributed by atoms with Gasteiger partial charge >= 0.3 is 0 Å². The van der Waals surface area contributed by atoms with E-state index in [2.05, 4.69) is 10.3 Å². The van der Waals surface area contributed by atoms with Crippen molar-refractivity contribution in [1.29, 1.82) is 0 Å². The summed E-state index contributed by atoms with van der Waals surface area (Å²) in [7, 11) is 3.95. The van der Waals surface area contributed by atoms with E-state index in [1.165, 1.54) is 0 Å². The van der Waals surface area contributed by atoms with Crippen LogP contribution in [0.2, 0.25) is 0 Å². The Kier molecular flexibility index (Phi) is 6.62. The first-order chi connectivity index (χ1) is 11.4. The fourth-order valence-corrected chi connectivity index (χ4v) is 3.59. The van der Waals surface area contributed by atoms with E-state index in [9.17, 15) is 9.59 Å². The zero-order valence-electron chi connectivity index (χ0n) is 14.8. The highest BCUT2D eigenvalue weighted by molar-refractivity contribution is 7.99. The first kappa shape index (κ1) is 18.7. The third-order valence-corrected chi connectivity index (χ3v) is 5.01. The number of hydrogen-bond donors (Lipinski definition) is 1. The van der Waals surface area contributed by atoms with Crippen LogP contribution in [0.5, 0.6) is 0 Å². The largest absolute Gasteiger partial charge is 0.352 e. The average Bonchev–Trinajstić information content (AvgIpc) is 3.04. The molecule has 7 heteroatoms. The first-order valence-corrected chi connectivity index (χ1v) is 9.36. The van der Waals surface area contributed by atoms with Crippen molar-refractivity contribution < 1.29 is 9.59 Å². The number of carbonyl (C=O) groups excluding carboxylic acids is 2. The summed E-state index contributed by atoms with van der Waals surface area (Å²) < 4.78 is 0. The van der Waals surface area contributed by atoms with Crippen molar-refractivity contribution in [2.45, 2.75) is 38.9 Å². The molecule has 2 amide bonds. The Morgan fingerprint density at radius 1 is 1.46 bits per heavy atom. The van der Waals surface area contributed by atoms with Crippen molar-refractivity contribution in [3.8, 4) is 0 Å². The topological polar surface area (TPSA) is 65.5 Å². The van der Waals surface area contributed by atoms with Gasteiger partial charge in [-0.15, -0.1) is 11.8 Å². The van der Waals surface area contributed by atoms with E-state index in [0.717, 1.165) is 18.7 Å². The number of thioether (sulfide) groups is 1. The molecule has 1 aromatic rings. The second-order valence-corrected chi connectivity index (χ2v) is 7.38. The van der Waals surface area contributed by atoms with Crippen LogP contribution < -0.4 is 5.32 Å². The molecule has 0 radical (unpaired) electrons. The molecule has 0 aromatic carbocycles. The van der Waals surface area contributed by atoms with Gasteiger partial charge in [0.05, 0.1) is 17.1 Å². The van der Waals surface area contributed by atoms with Gasteiger partial charge in [-0.25, -0.2) is 0 Å². The Labute approximate surface area is 148 Å². The van der Waals surface area contributed by atoms with E-state index in [0.29, 0.717) is 17.2 Å². The zero-order valence-corrected chi connectivity index (χ0v) is 15.6. The lowest BCUT2D eigenvalue weighted by Gasteiger charge is -2.24. The van der Waals surface area contributed by atoms with Gasteiger partial charge in [0.2, 0.25) is 5.91 Å². The summed E-state index contributed by atoms with van der Waals surface area (Å²) in [4.78, 5) is 33.1. The van der Waals surface area contributed by atoms with E-state index in [-0.39, 0.29) is 17.9 Å². The van der Waals surface area contributed by atoms with Crippen LogP contribution in [0.4, 0.5) is 0 Å². The molecule has 0 bridgehead atoms. The third-order valence-electron chi connectivity index (χ3n) is 4.00. The minimum atomic E-state index is -0.405. The molecular weight excluding hydrogens is 324 g/mol. The zero-order chi connectivity index (χ0) is 17.7. The van der Waals surface area contributed by atoms with Gasteiger partial charge in [0.25, 0.3) is 5.91 Å². The van der Waals surface area contributed by atoms with Gasteiger partial charge in [-0.1, -0.05) is 6.92 Å². The Morgan fingerprint density at radius 2 is 2.21 bits per heavy atom. The van der Waals surface area contributed by atoms with E-state index in [1.807, 2.05) is 38.9 Å². The maximum absolute atomic E-state index is 12.7. The summed E-state index contributed by atoms with van der Waals surface area (Å²) in [6, 6.07) is 3.37. The molecule has 6 nitrogen and oxygen atoms in total. The molecule has 1 aliphatic rings. The van der Waals surface area contributed by atoms with Gasteiger partial charge in [0.15, 0.2) is 0 Å². The van der Waals surface area contributed by atoms with Crippen LogP contribution in [0, 0.1) is 0 Å².